The van der Waals surface area contributed by atoms with Crippen LogP contribution in [0.15, 0.2) is 0 Å². The van der Waals surface area contributed by atoms with Gasteiger partial charge in [-0.1, -0.05) is 318 Å². The number of hydrogen-bond acceptors (Lipinski definition) is 15. The summed E-state index contributed by atoms with van der Waals surface area (Å²) in [6, 6.07) is 0. The summed E-state index contributed by atoms with van der Waals surface area (Å²) >= 11 is 0. The number of aliphatic hydroxyl groups excluding tert-OH is 1. The van der Waals surface area contributed by atoms with Gasteiger partial charge >= 0.3 is 39.5 Å². The predicted molar refractivity (Wildman–Crippen MR) is 372 cm³/mol. The zero-order chi connectivity index (χ0) is 68.0. The van der Waals surface area contributed by atoms with E-state index in [9.17, 15) is 43.2 Å². The zero-order valence-electron chi connectivity index (χ0n) is 60.0. The molecule has 92 heavy (non-hydrogen) atoms. The van der Waals surface area contributed by atoms with Crippen LogP contribution >= 0.6 is 15.6 Å². The largest absolute Gasteiger partial charge is 0.472 e. The van der Waals surface area contributed by atoms with E-state index in [1.807, 2.05) is 0 Å². The maximum atomic E-state index is 13.1. The fraction of sp³-hybridized carbons (Fsp3) is 0.945. The van der Waals surface area contributed by atoms with E-state index >= 15 is 0 Å². The first-order valence-corrected chi connectivity index (χ1v) is 40.8. The summed E-state index contributed by atoms with van der Waals surface area (Å²) in [5, 5.41) is 10.6. The molecule has 0 spiro atoms. The number of phosphoric acid groups is 2. The van der Waals surface area contributed by atoms with Crippen LogP contribution in [0.1, 0.15) is 370 Å². The van der Waals surface area contributed by atoms with E-state index < -0.39 is 97.5 Å². The van der Waals surface area contributed by atoms with Crippen LogP contribution in [-0.4, -0.2) is 96.7 Å². The number of phosphoric ester groups is 2. The van der Waals surface area contributed by atoms with Crippen molar-refractivity contribution in [2.45, 2.75) is 388 Å². The number of carbonyl (C=O) groups excluding carboxylic acids is 4. The Labute approximate surface area is 562 Å². The molecule has 0 amide bonds. The van der Waals surface area contributed by atoms with Crippen LogP contribution in [0.25, 0.3) is 0 Å². The highest BCUT2D eigenvalue weighted by Crippen LogP contribution is 2.45. The van der Waals surface area contributed by atoms with Crippen LogP contribution in [0, 0.1) is 17.8 Å². The Morgan fingerprint density at radius 1 is 0.293 bits per heavy atom. The maximum absolute atomic E-state index is 13.1. The van der Waals surface area contributed by atoms with Gasteiger partial charge in [0.05, 0.1) is 26.4 Å². The summed E-state index contributed by atoms with van der Waals surface area (Å²) in [5.41, 5.74) is 0. The molecule has 5 atom stereocenters. The van der Waals surface area contributed by atoms with E-state index in [0.717, 1.165) is 102 Å². The molecule has 0 heterocycles. The molecule has 0 aromatic heterocycles. The molecule has 3 N–H and O–H groups in total. The van der Waals surface area contributed by atoms with E-state index in [1.54, 1.807) is 0 Å². The number of ether oxygens (including phenoxy) is 4. The molecule has 0 rings (SSSR count). The molecule has 546 valence electrons. The van der Waals surface area contributed by atoms with Crippen molar-refractivity contribution in [3.63, 3.8) is 0 Å². The monoisotopic (exact) mass is 1350 g/mol. The van der Waals surface area contributed by atoms with Gasteiger partial charge in [0, 0.05) is 25.7 Å². The molecule has 0 saturated carbocycles. The van der Waals surface area contributed by atoms with Gasteiger partial charge in [0.1, 0.15) is 19.3 Å². The van der Waals surface area contributed by atoms with Crippen LogP contribution < -0.4 is 0 Å². The van der Waals surface area contributed by atoms with Crippen molar-refractivity contribution in [3.05, 3.63) is 0 Å². The second-order valence-electron chi connectivity index (χ2n) is 27.8. The van der Waals surface area contributed by atoms with E-state index in [2.05, 4.69) is 48.5 Å². The molecule has 0 saturated heterocycles. The van der Waals surface area contributed by atoms with Crippen molar-refractivity contribution in [1.82, 2.24) is 0 Å². The Morgan fingerprint density at radius 3 is 0.739 bits per heavy atom. The van der Waals surface area contributed by atoms with Crippen LogP contribution in [0.5, 0.6) is 0 Å². The first-order valence-electron chi connectivity index (χ1n) is 37.8. The standard InChI is InChI=1S/C73H142O17P2/c1-8-9-10-11-12-13-14-15-16-17-18-19-20-23-27-34-42-49-56-72(77)89-68(60-83-70(75)54-47-40-33-26-24-21-22-25-30-37-44-51-64(2)3)62-87-91(79,80)85-58-67(74)59-86-92(81,82)88-63-69(90-73(78)57-50-43-36-29-32-39-46-53-66(6)7)61-84-71(76)55-48-41-35-28-31-38-45-52-65(4)5/h64-69,74H,8-63H2,1-7H3,(H,79,80)(H,81,82)/t67-,68-,69-/m1/s1. The first kappa shape index (κ1) is 90.1. The normalized spacial score (nSPS) is 14.1. The molecule has 19 heteroatoms. The lowest BCUT2D eigenvalue weighted by molar-refractivity contribution is -0.161. The molecular weight excluding hydrogens is 1210 g/mol. The van der Waals surface area contributed by atoms with Crippen LogP contribution in [-0.2, 0) is 65.4 Å². The smallest absolute Gasteiger partial charge is 0.462 e. The molecule has 0 aromatic carbocycles. The lowest BCUT2D eigenvalue weighted by Crippen LogP contribution is -2.30. The van der Waals surface area contributed by atoms with E-state index in [4.69, 9.17) is 37.0 Å². The van der Waals surface area contributed by atoms with E-state index in [0.29, 0.717) is 37.5 Å². The Morgan fingerprint density at radius 2 is 0.500 bits per heavy atom. The van der Waals surface area contributed by atoms with Gasteiger partial charge in [0.25, 0.3) is 0 Å². The zero-order valence-corrected chi connectivity index (χ0v) is 61.8. The van der Waals surface area contributed by atoms with Gasteiger partial charge < -0.3 is 33.8 Å². The number of hydrogen-bond donors (Lipinski definition) is 3. The van der Waals surface area contributed by atoms with Crippen molar-refractivity contribution < 1.29 is 80.2 Å². The molecule has 0 bridgehead atoms. The highest BCUT2D eigenvalue weighted by Gasteiger charge is 2.30. The van der Waals surface area contributed by atoms with Crippen molar-refractivity contribution in [2.24, 2.45) is 17.8 Å². The number of unbranched alkanes of at least 4 members (excludes halogenated alkanes) is 39. The third kappa shape index (κ3) is 66.7. The summed E-state index contributed by atoms with van der Waals surface area (Å²) in [4.78, 5) is 72.6. The first-order chi connectivity index (χ1) is 44.2. The fourth-order valence-corrected chi connectivity index (χ4v) is 12.7. The van der Waals surface area contributed by atoms with Crippen LogP contribution in [0.2, 0.25) is 0 Å². The second-order valence-corrected chi connectivity index (χ2v) is 30.7. The molecule has 0 radical (unpaired) electrons. The average molecular weight is 1350 g/mol. The molecule has 0 aliphatic carbocycles. The van der Waals surface area contributed by atoms with Gasteiger partial charge in [-0.15, -0.1) is 0 Å². The van der Waals surface area contributed by atoms with Gasteiger partial charge in [0.2, 0.25) is 0 Å². The summed E-state index contributed by atoms with van der Waals surface area (Å²) < 4.78 is 68.4. The Kier molecular flexibility index (Phi) is 62.4. The third-order valence-electron chi connectivity index (χ3n) is 16.9. The highest BCUT2D eigenvalue weighted by molar-refractivity contribution is 7.47. The van der Waals surface area contributed by atoms with Crippen LogP contribution in [0.4, 0.5) is 0 Å². The molecule has 0 aromatic rings. The molecule has 0 fully saturated rings. The Hall–Kier alpha value is -1.94. The van der Waals surface area contributed by atoms with E-state index in [1.165, 1.54) is 173 Å². The summed E-state index contributed by atoms with van der Waals surface area (Å²) in [6.07, 6.45) is 48.8. The van der Waals surface area contributed by atoms with Crippen LogP contribution in [0.3, 0.4) is 0 Å². The number of carbonyl (C=O) groups is 4. The Balaban J connectivity index is 5.23. The van der Waals surface area contributed by atoms with Crippen molar-refractivity contribution >= 4 is 39.5 Å². The molecule has 17 nitrogen and oxygen atoms in total. The minimum absolute atomic E-state index is 0.103. The number of rotatable bonds is 71. The second kappa shape index (κ2) is 63.8. The topological polar surface area (TPSA) is 237 Å². The van der Waals surface area contributed by atoms with Crippen molar-refractivity contribution in [3.8, 4) is 0 Å². The minimum atomic E-state index is -4.96. The molecule has 2 unspecified atom stereocenters. The number of aliphatic hydroxyl groups is 1. The van der Waals surface area contributed by atoms with E-state index in [-0.39, 0.29) is 25.7 Å². The summed E-state index contributed by atoms with van der Waals surface area (Å²) in [6.45, 7) is 11.8. The summed E-state index contributed by atoms with van der Waals surface area (Å²) in [7, 11) is -9.91. The predicted octanol–water partition coefficient (Wildman–Crippen LogP) is 21.0. The van der Waals surface area contributed by atoms with Crippen molar-refractivity contribution in [1.29, 1.82) is 0 Å². The van der Waals surface area contributed by atoms with Gasteiger partial charge in [-0.2, -0.15) is 0 Å². The maximum Gasteiger partial charge on any atom is 0.472 e. The lowest BCUT2D eigenvalue weighted by atomic mass is 10.0. The number of esters is 4. The quantitative estimate of drug-likeness (QED) is 0.0222. The molecular formula is C73H142O17P2. The average Bonchev–Trinajstić information content (AvgIpc) is 1.63. The van der Waals surface area contributed by atoms with Gasteiger partial charge in [-0.3, -0.25) is 37.3 Å². The fourth-order valence-electron chi connectivity index (χ4n) is 11.1. The minimum Gasteiger partial charge on any atom is -0.462 e. The van der Waals surface area contributed by atoms with Crippen molar-refractivity contribution in [2.75, 3.05) is 39.6 Å². The third-order valence-corrected chi connectivity index (χ3v) is 18.8. The Bertz CT molecular complexity index is 1800. The summed E-state index contributed by atoms with van der Waals surface area (Å²) in [5.74, 6) is 0.0465. The van der Waals surface area contributed by atoms with Gasteiger partial charge in [0.15, 0.2) is 12.2 Å². The van der Waals surface area contributed by atoms with Gasteiger partial charge in [-0.05, 0) is 43.4 Å². The molecule has 0 aliphatic rings. The molecule has 0 aliphatic heterocycles. The highest BCUT2D eigenvalue weighted by atomic mass is 31.2. The van der Waals surface area contributed by atoms with Gasteiger partial charge in [-0.25, -0.2) is 9.13 Å². The SMILES string of the molecule is CCCCCCCCCCCCCCCCCCCCC(=O)O[C@H](COC(=O)CCCCCCCCCCCCCC(C)C)COP(=O)(O)OC[C@@H](O)COP(=O)(O)OC[C@@H](COC(=O)CCCCCCCCCC(C)C)OC(=O)CCCCCCCCCC(C)C. The lowest BCUT2D eigenvalue weighted by Gasteiger charge is -2.21.